The Hall–Kier alpha value is -2.40. The molecule has 5 rings (SSSR count). The molecule has 0 radical (unpaired) electrons. The Bertz CT molecular complexity index is 1080. The first-order valence-corrected chi connectivity index (χ1v) is 10.3. The molecule has 4 nitrogen and oxygen atoms in total. The molecule has 148 valence electrons. The average Bonchev–Trinajstić information content (AvgIpc) is 3.07. The minimum Gasteiger partial charge on any atom is -0.389 e. The van der Waals surface area contributed by atoms with Crippen LogP contribution in [-0.2, 0) is 17.7 Å². The minimum absolute atomic E-state index is 0.00839. The van der Waals surface area contributed by atoms with Crippen molar-refractivity contribution in [3.63, 3.8) is 0 Å². The van der Waals surface area contributed by atoms with Gasteiger partial charge in [0.25, 0.3) is 5.91 Å². The lowest BCUT2D eigenvalue weighted by molar-refractivity contribution is -0.0571. The Morgan fingerprint density at radius 3 is 2.62 bits per heavy atom. The fourth-order valence-corrected chi connectivity index (χ4v) is 4.71. The van der Waals surface area contributed by atoms with Gasteiger partial charge < -0.3 is 14.7 Å². The van der Waals surface area contributed by atoms with E-state index in [1.54, 1.807) is 0 Å². The molecule has 0 aliphatic carbocycles. The van der Waals surface area contributed by atoms with Gasteiger partial charge in [0.2, 0.25) is 0 Å². The standard InChI is InChI=1S/C24H22ClNO3/c25-17-7-5-15(6-8-17)11-16-12-20-21(19-4-2-1-3-18(16)19)13-26(24(20)28)22-9-10-29-14-23(22)27/h1-8,12,22-23,27H,9-11,13-14H2. The zero-order valence-electron chi connectivity index (χ0n) is 16.0. The van der Waals surface area contributed by atoms with E-state index >= 15 is 0 Å². The number of aliphatic hydroxyl groups is 1. The lowest BCUT2D eigenvalue weighted by atomic mass is 9.92. The lowest BCUT2D eigenvalue weighted by Gasteiger charge is -2.34. The lowest BCUT2D eigenvalue weighted by Crippen LogP contribution is -2.49. The summed E-state index contributed by atoms with van der Waals surface area (Å²) in [5.41, 5.74) is 4.10. The molecule has 0 saturated carbocycles. The molecule has 29 heavy (non-hydrogen) atoms. The topological polar surface area (TPSA) is 49.8 Å². The second-order valence-corrected chi connectivity index (χ2v) is 8.28. The third-order valence-corrected chi connectivity index (χ3v) is 6.31. The summed E-state index contributed by atoms with van der Waals surface area (Å²) in [6.45, 7) is 1.40. The number of amides is 1. The molecule has 2 heterocycles. The summed E-state index contributed by atoms with van der Waals surface area (Å²) in [5, 5.41) is 13.4. The van der Waals surface area contributed by atoms with E-state index in [1.165, 1.54) is 5.39 Å². The largest absolute Gasteiger partial charge is 0.389 e. The fourth-order valence-electron chi connectivity index (χ4n) is 4.58. The molecule has 2 aliphatic heterocycles. The molecule has 1 fully saturated rings. The van der Waals surface area contributed by atoms with Crippen LogP contribution in [0.25, 0.3) is 10.8 Å². The second kappa shape index (κ2) is 7.45. The number of aliphatic hydroxyl groups excluding tert-OH is 1. The van der Waals surface area contributed by atoms with Crippen LogP contribution in [0.5, 0.6) is 0 Å². The molecular weight excluding hydrogens is 386 g/mol. The summed E-state index contributed by atoms with van der Waals surface area (Å²) in [6.07, 6.45) is 0.760. The summed E-state index contributed by atoms with van der Waals surface area (Å²) < 4.78 is 5.35. The van der Waals surface area contributed by atoms with Crippen molar-refractivity contribution < 1.29 is 14.6 Å². The average molecular weight is 408 g/mol. The van der Waals surface area contributed by atoms with Gasteiger partial charge in [-0.3, -0.25) is 4.79 Å². The summed E-state index contributed by atoms with van der Waals surface area (Å²) in [6, 6.07) is 18.0. The van der Waals surface area contributed by atoms with Gasteiger partial charge in [0.05, 0.1) is 18.8 Å². The number of fused-ring (bicyclic) bond motifs is 3. The smallest absolute Gasteiger partial charge is 0.254 e. The molecular formula is C24H22ClNO3. The molecule has 2 unspecified atom stereocenters. The van der Waals surface area contributed by atoms with Gasteiger partial charge in [0.1, 0.15) is 0 Å². The maximum absolute atomic E-state index is 13.3. The Labute approximate surface area is 174 Å². The van der Waals surface area contributed by atoms with Crippen LogP contribution in [-0.4, -0.2) is 41.3 Å². The molecule has 5 heteroatoms. The van der Waals surface area contributed by atoms with E-state index in [2.05, 4.69) is 12.1 Å². The van der Waals surface area contributed by atoms with Crippen molar-refractivity contribution in [2.45, 2.75) is 31.5 Å². The molecule has 1 N–H and O–H groups in total. The molecule has 0 aromatic heterocycles. The van der Waals surface area contributed by atoms with Crippen molar-refractivity contribution in [3.8, 4) is 0 Å². The van der Waals surface area contributed by atoms with Crippen LogP contribution in [0.4, 0.5) is 0 Å². The second-order valence-electron chi connectivity index (χ2n) is 7.84. The Kier molecular flexibility index (Phi) is 4.78. The summed E-state index contributed by atoms with van der Waals surface area (Å²) in [4.78, 5) is 15.1. The maximum atomic E-state index is 13.3. The van der Waals surface area contributed by atoms with Gasteiger partial charge in [-0.05, 0) is 58.5 Å². The molecule has 2 aliphatic rings. The third-order valence-electron chi connectivity index (χ3n) is 6.06. The van der Waals surface area contributed by atoms with Crippen molar-refractivity contribution in [3.05, 3.63) is 81.9 Å². The number of halogens is 1. The first-order valence-electron chi connectivity index (χ1n) is 9.96. The van der Waals surface area contributed by atoms with Gasteiger partial charge >= 0.3 is 0 Å². The van der Waals surface area contributed by atoms with E-state index in [1.807, 2.05) is 47.4 Å². The molecule has 1 amide bonds. The molecule has 3 aromatic rings. The normalized spacial score (nSPS) is 21.6. The first-order chi connectivity index (χ1) is 14.1. The SMILES string of the molecule is O=C1c2cc(Cc3ccc(Cl)cc3)c3ccccc3c2CN1C1CCOCC1O. The quantitative estimate of drug-likeness (QED) is 0.708. The van der Waals surface area contributed by atoms with E-state index in [0.29, 0.717) is 24.6 Å². The highest BCUT2D eigenvalue weighted by atomic mass is 35.5. The van der Waals surface area contributed by atoms with Crippen LogP contribution in [0.2, 0.25) is 5.02 Å². The van der Waals surface area contributed by atoms with Crippen LogP contribution < -0.4 is 0 Å². The van der Waals surface area contributed by atoms with Crippen molar-refractivity contribution in [1.29, 1.82) is 0 Å². The minimum atomic E-state index is -0.637. The number of carbonyl (C=O) groups is 1. The Morgan fingerprint density at radius 1 is 1.10 bits per heavy atom. The van der Waals surface area contributed by atoms with Crippen LogP contribution in [0.3, 0.4) is 0 Å². The zero-order chi connectivity index (χ0) is 20.0. The Morgan fingerprint density at radius 2 is 1.86 bits per heavy atom. The predicted octanol–water partition coefficient (Wildman–Crippen LogP) is 4.19. The molecule has 0 bridgehead atoms. The van der Waals surface area contributed by atoms with Crippen LogP contribution in [0.15, 0.2) is 54.6 Å². The van der Waals surface area contributed by atoms with E-state index in [9.17, 15) is 9.90 Å². The zero-order valence-corrected chi connectivity index (χ0v) is 16.7. The number of benzene rings is 3. The van der Waals surface area contributed by atoms with E-state index in [4.69, 9.17) is 16.3 Å². The molecule has 0 spiro atoms. The number of ether oxygens (including phenoxy) is 1. The van der Waals surface area contributed by atoms with Gasteiger partial charge in [-0.2, -0.15) is 0 Å². The molecule has 3 aromatic carbocycles. The van der Waals surface area contributed by atoms with Crippen LogP contribution in [0.1, 0.15) is 33.5 Å². The van der Waals surface area contributed by atoms with Gasteiger partial charge in [0.15, 0.2) is 0 Å². The monoisotopic (exact) mass is 407 g/mol. The summed E-state index contributed by atoms with van der Waals surface area (Å²) in [7, 11) is 0. The van der Waals surface area contributed by atoms with Gasteiger partial charge in [-0.15, -0.1) is 0 Å². The summed E-state index contributed by atoms with van der Waals surface area (Å²) >= 11 is 6.03. The van der Waals surface area contributed by atoms with Crippen molar-refractivity contribution in [2.75, 3.05) is 13.2 Å². The Balaban J connectivity index is 1.56. The van der Waals surface area contributed by atoms with E-state index < -0.39 is 6.10 Å². The first kappa shape index (κ1) is 18.6. The number of carbonyl (C=O) groups excluding carboxylic acids is 1. The molecule has 1 saturated heterocycles. The number of hydrogen-bond acceptors (Lipinski definition) is 3. The number of hydrogen-bond donors (Lipinski definition) is 1. The molecule has 2 atom stereocenters. The third kappa shape index (κ3) is 3.31. The van der Waals surface area contributed by atoms with E-state index in [0.717, 1.165) is 34.1 Å². The number of nitrogens with zero attached hydrogens (tertiary/aromatic N) is 1. The maximum Gasteiger partial charge on any atom is 0.254 e. The highest BCUT2D eigenvalue weighted by molar-refractivity contribution is 6.30. The van der Waals surface area contributed by atoms with Crippen molar-refractivity contribution in [1.82, 2.24) is 4.90 Å². The van der Waals surface area contributed by atoms with E-state index in [-0.39, 0.29) is 18.6 Å². The fraction of sp³-hybridized carbons (Fsp3) is 0.292. The van der Waals surface area contributed by atoms with Gasteiger partial charge in [0, 0.05) is 23.7 Å². The van der Waals surface area contributed by atoms with Gasteiger partial charge in [-0.25, -0.2) is 0 Å². The van der Waals surface area contributed by atoms with Crippen molar-refractivity contribution in [2.24, 2.45) is 0 Å². The highest BCUT2D eigenvalue weighted by Crippen LogP contribution is 2.36. The highest BCUT2D eigenvalue weighted by Gasteiger charge is 2.38. The number of rotatable bonds is 3. The van der Waals surface area contributed by atoms with Gasteiger partial charge in [-0.1, -0.05) is 48.0 Å². The van der Waals surface area contributed by atoms with Crippen molar-refractivity contribution >= 4 is 28.3 Å². The predicted molar refractivity (Wildman–Crippen MR) is 113 cm³/mol. The van der Waals surface area contributed by atoms with Crippen LogP contribution >= 0.6 is 11.6 Å². The van der Waals surface area contributed by atoms with Crippen LogP contribution in [0, 0.1) is 0 Å². The summed E-state index contributed by atoms with van der Waals surface area (Å²) in [5.74, 6) is 0.00839.